The van der Waals surface area contributed by atoms with Crippen molar-refractivity contribution in [2.75, 3.05) is 13.6 Å². The van der Waals surface area contributed by atoms with E-state index in [9.17, 15) is 0 Å². The molecule has 108 valence electrons. The number of nitrogens with one attached hydrogen (secondary N) is 1. The Kier molecular flexibility index (Phi) is 3.23. The Morgan fingerprint density at radius 1 is 1.19 bits per heavy atom. The fourth-order valence-electron chi connectivity index (χ4n) is 3.72. The molecule has 0 bridgehead atoms. The molecule has 1 aromatic heterocycles. The smallest absolute Gasteiger partial charge is 0.136 e. The molecule has 1 heterocycles. The molecule has 4 rings (SSSR count). The number of rotatable bonds is 3. The van der Waals surface area contributed by atoms with E-state index < -0.39 is 0 Å². The molecule has 1 N–H and O–H groups in total. The average molecular weight is 279 g/mol. The lowest BCUT2D eigenvalue weighted by Crippen LogP contribution is -2.27. The van der Waals surface area contributed by atoms with Crippen molar-refractivity contribution in [1.29, 1.82) is 0 Å². The second-order valence-electron chi connectivity index (χ2n) is 6.32. The number of nitrogens with zero attached hydrogens (tertiary/aromatic N) is 2. The zero-order valence-electron chi connectivity index (χ0n) is 12.5. The Morgan fingerprint density at radius 2 is 2.10 bits per heavy atom. The summed E-state index contributed by atoms with van der Waals surface area (Å²) < 4.78 is 0. The van der Waals surface area contributed by atoms with Gasteiger partial charge in [0.15, 0.2) is 0 Å². The van der Waals surface area contributed by atoms with Gasteiger partial charge in [-0.25, -0.2) is 9.97 Å². The molecule has 0 aliphatic heterocycles. The van der Waals surface area contributed by atoms with E-state index in [1.807, 2.05) is 7.05 Å². The van der Waals surface area contributed by atoms with Gasteiger partial charge in [0.25, 0.3) is 0 Å². The van der Waals surface area contributed by atoms with Crippen molar-refractivity contribution in [2.24, 2.45) is 5.92 Å². The maximum absolute atomic E-state index is 4.90. The zero-order chi connectivity index (χ0) is 14.2. The lowest BCUT2D eigenvalue weighted by atomic mass is 9.77. The summed E-state index contributed by atoms with van der Waals surface area (Å²) in [6.45, 7) is 1.09. The van der Waals surface area contributed by atoms with Gasteiger partial charge in [-0.1, -0.05) is 24.3 Å². The van der Waals surface area contributed by atoms with E-state index in [0.717, 1.165) is 37.5 Å². The molecule has 2 atom stereocenters. The summed E-state index contributed by atoms with van der Waals surface area (Å²) in [5.74, 6) is 2.18. The summed E-state index contributed by atoms with van der Waals surface area (Å²) in [5.41, 5.74) is 5.52. The van der Waals surface area contributed by atoms with Crippen LogP contribution in [0.2, 0.25) is 0 Å². The van der Waals surface area contributed by atoms with Crippen molar-refractivity contribution >= 4 is 0 Å². The molecule has 1 aromatic carbocycles. The van der Waals surface area contributed by atoms with Gasteiger partial charge in [0.2, 0.25) is 0 Å². The minimum atomic E-state index is 0.418. The summed E-state index contributed by atoms with van der Waals surface area (Å²) in [6.07, 6.45) is 6.65. The van der Waals surface area contributed by atoms with Crippen molar-refractivity contribution in [3.05, 3.63) is 58.7 Å². The summed E-state index contributed by atoms with van der Waals surface area (Å²) in [4.78, 5) is 9.57. The molecular weight excluding hydrogens is 258 g/mol. The molecule has 0 radical (unpaired) electrons. The number of hydrogen-bond acceptors (Lipinski definition) is 3. The molecule has 2 aliphatic rings. The highest BCUT2D eigenvalue weighted by Crippen LogP contribution is 2.38. The first-order valence-electron chi connectivity index (χ1n) is 7.92. The van der Waals surface area contributed by atoms with Gasteiger partial charge in [-0.15, -0.1) is 0 Å². The second kappa shape index (κ2) is 5.23. The molecule has 3 heteroatoms. The lowest BCUT2D eigenvalue weighted by Gasteiger charge is -2.30. The Bertz CT molecular complexity index is 665. The van der Waals surface area contributed by atoms with Crippen LogP contribution in [0.1, 0.15) is 40.5 Å². The van der Waals surface area contributed by atoms with Gasteiger partial charge < -0.3 is 5.32 Å². The molecule has 0 spiro atoms. The van der Waals surface area contributed by atoms with E-state index in [1.165, 1.54) is 28.8 Å². The van der Waals surface area contributed by atoms with Gasteiger partial charge in [-0.2, -0.15) is 0 Å². The average Bonchev–Trinajstić information content (AvgIpc) is 2.49. The Hall–Kier alpha value is -1.74. The van der Waals surface area contributed by atoms with Crippen molar-refractivity contribution in [2.45, 2.75) is 31.6 Å². The highest BCUT2D eigenvalue weighted by molar-refractivity contribution is 5.44. The van der Waals surface area contributed by atoms with Crippen LogP contribution < -0.4 is 5.32 Å². The van der Waals surface area contributed by atoms with E-state index in [0.29, 0.717) is 5.92 Å². The van der Waals surface area contributed by atoms with E-state index in [4.69, 9.17) is 4.98 Å². The predicted octanol–water partition coefficient (Wildman–Crippen LogP) is 2.49. The van der Waals surface area contributed by atoms with Gasteiger partial charge in [0, 0.05) is 17.8 Å². The quantitative estimate of drug-likeness (QED) is 0.938. The summed E-state index contributed by atoms with van der Waals surface area (Å²) >= 11 is 0. The molecule has 2 aromatic rings. The largest absolute Gasteiger partial charge is 0.319 e. The highest BCUT2D eigenvalue weighted by Gasteiger charge is 2.30. The molecule has 2 aliphatic carbocycles. The first-order chi connectivity index (χ1) is 10.3. The van der Waals surface area contributed by atoms with E-state index in [2.05, 4.69) is 40.8 Å². The van der Waals surface area contributed by atoms with E-state index in [-0.39, 0.29) is 0 Å². The first-order valence-corrected chi connectivity index (χ1v) is 7.92. The summed E-state index contributed by atoms with van der Waals surface area (Å²) in [5, 5.41) is 3.29. The van der Waals surface area contributed by atoms with Crippen LogP contribution in [0.25, 0.3) is 0 Å². The number of aryl methyl sites for hydroxylation is 1. The van der Waals surface area contributed by atoms with Gasteiger partial charge in [-0.3, -0.25) is 0 Å². The second-order valence-corrected chi connectivity index (χ2v) is 6.32. The van der Waals surface area contributed by atoms with Crippen LogP contribution in [0.3, 0.4) is 0 Å². The number of benzene rings is 1. The molecule has 0 saturated heterocycles. The standard InChI is InChI=1S/C18H21N3/c1-19-10-12-6-7-17-14(8-12)11-20-18(21-17)16-9-13-4-2-3-5-15(13)16/h2-5,11-12,16,19H,6-10H2,1H3. The van der Waals surface area contributed by atoms with Crippen molar-refractivity contribution in [3.8, 4) is 0 Å². The van der Waals surface area contributed by atoms with Crippen LogP contribution in [-0.2, 0) is 19.3 Å². The van der Waals surface area contributed by atoms with Gasteiger partial charge in [0.05, 0.1) is 0 Å². The van der Waals surface area contributed by atoms with Crippen LogP contribution in [0.4, 0.5) is 0 Å². The van der Waals surface area contributed by atoms with Crippen molar-refractivity contribution in [1.82, 2.24) is 15.3 Å². The third-order valence-electron chi connectivity index (χ3n) is 4.93. The van der Waals surface area contributed by atoms with E-state index >= 15 is 0 Å². The van der Waals surface area contributed by atoms with Gasteiger partial charge in [-0.05, 0) is 61.9 Å². The van der Waals surface area contributed by atoms with Crippen LogP contribution >= 0.6 is 0 Å². The molecule has 0 amide bonds. The Labute approximate surface area is 125 Å². The van der Waals surface area contributed by atoms with Gasteiger partial charge >= 0.3 is 0 Å². The lowest BCUT2D eigenvalue weighted by molar-refractivity contribution is 0.432. The Balaban J connectivity index is 1.58. The predicted molar refractivity (Wildman–Crippen MR) is 83.5 cm³/mol. The fourth-order valence-corrected chi connectivity index (χ4v) is 3.72. The van der Waals surface area contributed by atoms with Crippen molar-refractivity contribution < 1.29 is 0 Å². The minimum absolute atomic E-state index is 0.418. The number of fused-ring (bicyclic) bond motifs is 2. The number of hydrogen-bond donors (Lipinski definition) is 1. The third kappa shape index (κ3) is 2.26. The van der Waals surface area contributed by atoms with Crippen LogP contribution in [-0.4, -0.2) is 23.6 Å². The molecular formula is C18H21N3. The molecule has 0 saturated carbocycles. The van der Waals surface area contributed by atoms with E-state index in [1.54, 1.807) is 0 Å². The third-order valence-corrected chi connectivity index (χ3v) is 4.93. The summed E-state index contributed by atoms with van der Waals surface area (Å²) in [6, 6.07) is 8.66. The molecule has 3 nitrogen and oxygen atoms in total. The van der Waals surface area contributed by atoms with Gasteiger partial charge in [0.1, 0.15) is 5.82 Å². The molecule has 0 fully saturated rings. The minimum Gasteiger partial charge on any atom is -0.319 e. The topological polar surface area (TPSA) is 37.8 Å². The normalized spacial score (nSPS) is 23.1. The molecule has 21 heavy (non-hydrogen) atoms. The SMILES string of the molecule is CNCC1CCc2nc(C3Cc4ccccc43)ncc2C1. The van der Waals surface area contributed by atoms with Crippen LogP contribution in [0.15, 0.2) is 30.5 Å². The first kappa shape index (κ1) is 13.0. The van der Waals surface area contributed by atoms with Crippen LogP contribution in [0.5, 0.6) is 0 Å². The maximum Gasteiger partial charge on any atom is 0.136 e. The Morgan fingerprint density at radius 3 is 2.95 bits per heavy atom. The maximum atomic E-state index is 4.90. The molecule has 2 unspecified atom stereocenters. The van der Waals surface area contributed by atoms with Crippen LogP contribution in [0, 0.1) is 5.92 Å². The number of aromatic nitrogens is 2. The highest BCUT2D eigenvalue weighted by atomic mass is 14.9. The monoisotopic (exact) mass is 279 g/mol. The fraction of sp³-hybridized carbons (Fsp3) is 0.444. The van der Waals surface area contributed by atoms with Crippen molar-refractivity contribution in [3.63, 3.8) is 0 Å². The summed E-state index contributed by atoms with van der Waals surface area (Å²) in [7, 11) is 2.03. The zero-order valence-corrected chi connectivity index (χ0v) is 12.5.